The molecular formula is C19H18N2O2. The molecule has 0 saturated carbocycles. The van der Waals surface area contributed by atoms with Crippen LogP contribution in [0.15, 0.2) is 60.8 Å². The molecule has 23 heavy (non-hydrogen) atoms. The highest BCUT2D eigenvalue weighted by atomic mass is 16.5. The molecule has 3 aromatic rings. The van der Waals surface area contributed by atoms with Crippen LogP contribution in [0.25, 0.3) is 10.9 Å². The van der Waals surface area contributed by atoms with Crippen molar-refractivity contribution in [3.8, 4) is 5.75 Å². The molecule has 4 nitrogen and oxygen atoms in total. The lowest BCUT2D eigenvalue weighted by molar-refractivity contribution is -0.118. The largest absolute Gasteiger partial charge is 0.483 e. The molecule has 116 valence electrons. The van der Waals surface area contributed by atoms with Crippen molar-refractivity contribution in [1.82, 2.24) is 4.98 Å². The summed E-state index contributed by atoms with van der Waals surface area (Å²) >= 11 is 0. The summed E-state index contributed by atoms with van der Waals surface area (Å²) in [5.41, 5.74) is 2.69. The number of pyridine rings is 1. The number of anilines is 1. The number of hydrogen-bond acceptors (Lipinski definition) is 3. The second kappa shape index (κ2) is 6.92. The van der Waals surface area contributed by atoms with Crippen LogP contribution in [0.5, 0.6) is 5.75 Å². The molecule has 3 rings (SSSR count). The van der Waals surface area contributed by atoms with Crippen molar-refractivity contribution >= 4 is 22.5 Å². The van der Waals surface area contributed by atoms with Gasteiger partial charge in [-0.15, -0.1) is 0 Å². The molecule has 0 aliphatic rings. The summed E-state index contributed by atoms with van der Waals surface area (Å²) in [7, 11) is 0. The number of ether oxygens (including phenoxy) is 1. The molecule has 1 N–H and O–H groups in total. The summed E-state index contributed by atoms with van der Waals surface area (Å²) in [5, 5.41) is 3.80. The topological polar surface area (TPSA) is 51.2 Å². The van der Waals surface area contributed by atoms with E-state index in [2.05, 4.69) is 17.2 Å². The second-order valence-corrected chi connectivity index (χ2v) is 5.17. The Kier molecular flexibility index (Phi) is 4.52. The Hall–Kier alpha value is -2.88. The molecule has 0 radical (unpaired) electrons. The van der Waals surface area contributed by atoms with Gasteiger partial charge in [-0.3, -0.25) is 9.78 Å². The summed E-state index contributed by atoms with van der Waals surface area (Å²) in [6.07, 6.45) is 2.60. The van der Waals surface area contributed by atoms with E-state index >= 15 is 0 Å². The Morgan fingerprint density at radius 2 is 1.96 bits per heavy atom. The molecule has 4 heteroatoms. The monoisotopic (exact) mass is 306 g/mol. The van der Waals surface area contributed by atoms with Crippen LogP contribution < -0.4 is 10.1 Å². The Morgan fingerprint density at radius 3 is 2.83 bits per heavy atom. The number of carbonyl (C=O) groups excluding carboxylic acids is 1. The molecule has 2 aromatic carbocycles. The third kappa shape index (κ3) is 3.48. The molecule has 0 bridgehead atoms. The van der Waals surface area contributed by atoms with Crippen LogP contribution in [-0.2, 0) is 11.2 Å². The van der Waals surface area contributed by atoms with Crippen molar-refractivity contribution in [3.05, 3.63) is 66.4 Å². The lowest BCUT2D eigenvalue weighted by Crippen LogP contribution is -2.20. The van der Waals surface area contributed by atoms with E-state index in [0.29, 0.717) is 0 Å². The fourth-order valence-electron chi connectivity index (χ4n) is 2.48. The number of para-hydroxylation sites is 1. The highest BCUT2D eigenvalue weighted by Crippen LogP contribution is 2.22. The number of aromatic nitrogens is 1. The minimum Gasteiger partial charge on any atom is -0.483 e. The van der Waals surface area contributed by atoms with E-state index in [9.17, 15) is 4.79 Å². The standard InChI is InChI=1S/C19H18N2O2/c1-2-14-7-3-4-11-18(14)23-13-19(22)21-17-10-5-9-16-15(17)8-6-12-20-16/h3-12H,2,13H2,1H3,(H,21,22). The zero-order valence-corrected chi connectivity index (χ0v) is 13.0. The van der Waals surface area contributed by atoms with Gasteiger partial charge < -0.3 is 10.1 Å². The number of fused-ring (bicyclic) bond motifs is 1. The van der Waals surface area contributed by atoms with Gasteiger partial charge in [-0.2, -0.15) is 0 Å². The Bertz CT molecular complexity index is 825. The Balaban J connectivity index is 1.69. The van der Waals surface area contributed by atoms with Crippen LogP contribution in [0.1, 0.15) is 12.5 Å². The fraction of sp³-hybridized carbons (Fsp3) is 0.158. The number of aryl methyl sites for hydroxylation is 1. The summed E-state index contributed by atoms with van der Waals surface area (Å²) in [6, 6.07) is 17.2. The van der Waals surface area contributed by atoms with E-state index in [1.165, 1.54) is 0 Å². The maximum Gasteiger partial charge on any atom is 0.262 e. The van der Waals surface area contributed by atoms with Crippen molar-refractivity contribution in [2.45, 2.75) is 13.3 Å². The van der Waals surface area contributed by atoms with Gasteiger partial charge in [-0.05, 0) is 42.3 Å². The SMILES string of the molecule is CCc1ccccc1OCC(=O)Nc1cccc2ncccc12. The predicted octanol–water partition coefficient (Wildman–Crippen LogP) is 3.81. The Labute approximate surface area is 135 Å². The van der Waals surface area contributed by atoms with Crippen LogP contribution in [0.4, 0.5) is 5.69 Å². The fourth-order valence-corrected chi connectivity index (χ4v) is 2.48. The molecular weight excluding hydrogens is 288 g/mol. The molecule has 0 saturated heterocycles. The van der Waals surface area contributed by atoms with Crippen LogP contribution in [0.2, 0.25) is 0 Å². The average Bonchev–Trinajstić information content (AvgIpc) is 2.60. The first-order chi connectivity index (χ1) is 11.3. The van der Waals surface area contributed by atoms with E-state index in [4.69, 9.17) is 4.74 Å². The van der Waals surface area contributed by atoms with E-state index in [0.717, 1.165) is 34.3 Å². The average molecular weight is 306 g/mol. The number of benzene rings is 2. The van der Waals surface area contributed by atoms with Gasteiger partial charge in [0.1, 0.15) is 5.75 Å². The second-order valence-electron chi connectivity index (χ2n) is 5.17. The molecule has 1 amide bonds. The molecule has 0 fully saturated rings. The number of nitrogens with one attached hydrogen (secondary N) is 1. The molecule has 1 heterocycles. The maximum atomic E-state index is 12.2. The highest BCUT2D eigenvalue weighted by Gasteiger charge is 2.08. The summed E-state index contributed by atoms with van der Waals surface area (Å²) in [5.74, 6) is 0.567. The number of nitrogens with zero attached hydrogens (tertiary/aromatic N) is 1. The zero-order chi connectivity index (χ0) is 16.1. The van der Waals surface area contributed by atoms with E-state index < -0.39 is 0 Å². The van der Waals surface area contributed by atoms with Gasteiger partial charge in [-0.1, -0.05) is 31.2 Å². The van der Waals surface area contributed by atoms with Gasteiger partial charge >= 0.3 is 0 Å². The third-order valence-corrected chi connectivity index (χ3v) is 3.63. The normalized spacial score (nSPS) is 10.5. The lowest BCUT2D eigenvalue weighted by atomic mass is 10.1. The summed E-state index contributed by atoms with van der Waals surface area (Å²) in [6.45, 7) is 2.04. The summed E-state index contributed by atoms with van der Waals surface area (Å²) in [4.78, 5) is 16.5. The van der Waals surface area contributed by atoms with Gasteiger partial charge in [0.15, 0.2) is 6.61 Å². The zero-order valence-electron chi connectivity index (χ0n) is 13.0. The molecule has 1 aromatic heterocycles. The molecule has 0 aliphatic heterocycles. The predicted molar refractivity (Wildman–Crippen MR) is 91.7 cm³/mol. The lowest BCUT2D eigenvalue weighted by Gasteiger charge is -2.11. The van der Waals surface area contributed by atoms with Crippen LogP contribution >= 0.6 is 0 Å². The van der Waals surface area contributed by atoms with Crippen molar-refractivity contribution in [3.63, 3.8) is 0 Å². The first-order valence-corrected chi connectivity index (χ1v) is 7.62. The van der Waals surface area contributed by atoms with Crippen molar-refractivity contribution < 1.29 is 9.53 Å². The van der Waals surface area contributed by atoms with Gasteiger partial charge in [0.2, 0.25) is 0 Å². The minimum atomic E-state index is -0.188. The Morgan fingerprint density at radius 1 is 1.09 bits per heavy atom. The van der Waals surface area contributed by atoms with Crippen molar-refractivity contribution in [1.29, 1.82) is 0 Å². The van der Waals surface area contributed by atoms with Crippen molar-refractivity contribution in [2.75, 3.05) is 11.9 Å². The van der Waals surface area contributed by atoms with Gasteiger partial charge in [0.05, 0.1) is 11.2 Å². The minimum absolute atomic E-state index is 0.0202. The summed E-state index contributed by atoms with van der Waals surface area (Å²) < 4.78 is 5.65. The molecule has 0 aliphatic carbocycles. The van der Waals surface area contributed by atoms with Crippen LogP contribution in [0, 0.1) is 0 Å². The quantitative estimate of drug-likeness (QED) is 0.779. The number of carbonyl (C=O) groups is 1. The number of rotatable bonds is 5. The van der Waals surface area contributed by atoms with Crippen LogP contribution in [-0.4, -0.2) is 17.5 Å². The van der Waals surface area contributed by atoms with E-state index in [-0.39, 0.29) is 12.5 Å². The molecule has 0 unspecified atom stereocenters. The first kappa shape index (κ1) is 15.0. The highest BCUT2D eigenvalue weighted by molar-refractivity contribution is 6.01. The first-order valence-electron chi connectivity index (χ1n) is 7.62. The van der Waals surface area contributed by atoms with Gasteiger partial charge in [0.25, 0.3) is 5.91 Å². The number of hydrogen-bond donors (Lipinski definition) is 1. The smallest absolute Gasteiger partial charge is 0.262 e. The third-order valence-electron chi connectivity index (χ3n) is 3.63. The van der Waals surface area contributed by atoms with Crippen molar-refractivity contribution in [2.24, 2.45) is 0 Å². The number of amides is 1. The van der Waals surface area contributed by atoms with E-state index in [1.54, 1.807) is 6.20 Å². The molecule has 0 atom stereocenters. The van der Waals surface area contributed by atoms with Gasteiger partial charge in [-0.25, -0.2) is 0 Å². The van der Waals surface area contributed by atoms with Crippen LogP contribution in [0.3, 0.4) is 0 Å². The van der Waals surface area contributed by atoms with E-state index in [1.807, 2.05) is 54.6 Å². The van der Waals surface area contributed by atoms with Gasteiger partial charge in [0, 0.05) is 11.6 Å². The maximum absolute atomic E-state index is 12.2. The molecule has 0 spiro atoms.